The normalized spacial score (nSPS) is 7.38. The second-order valence-corrected chi connectivity index (χ2v) is 2.04. The number of hydrogen-bond acceptors (Lipinski definition) is 4. The first-order chi connectivity index (χ1) is 7.79. The largest absolute Gasteiger partial charge is 0.188 e. The first-order valence-corrected chi connectivity index (χ1v) is 5.39. The topological polar surface area (TPSA) is 61.4 Å². The summed E-state index contributed by atoms with van der Waals surface area (Å²) in [5.41, 5.74) is 0. The minimum Gasteiger partial charge on any atom is -0.188 e. The molecule has 2 heterocycles. The average Bonchev–Trinajstić information content (AvgIpc) is 2.98. The molecule has 2 aromatic rings. The number of aromatic nitrogens is 6. The van der Waals surface area contributed by atoms with Gasteiger partial charge in [-0.25, -0.2) is 0 Å². The molecule has 16 heavy (non-hydrogen) atoms. The molecule has 2 rings (SSSR count). The summed E-state index contributed by atoms with van der Waals surface area (Å²) in [6, 6.07) is 0. The van der Waals surface area contributed by atoms with Gasteiger partial charge in [-0.2, -0.15) is 30.0 Å². The van der Waals surface area contributed by atoms with Crippen molar-refractivity contribution in [1.82, 2.24) is 30.0 Å². The molecule has 0 aliphatic carbocycles. The molecular weight excluding hydrogens is 204 g/mol. The van der Waals surface area contributed by atoms with Gasteiger partial charge in [0.1, 0.15) is 0 Å². The lowest BCUT2D eigenvalue weighted by atomic mass is 11.0. The quantitative estimate of drug-likeness (QED) is 0.685. The van der Waals surface area contributed by atoms with Crippen molar-refractivity contribution in [3.8, 4) is 0 Å². The van der Waals surface area contributed by atoms with E-state index in [4.69, 9.17) is 0 Å². The van der Waals surface area contributed by atoms with Crippen LogP contribution in [0.3, 0.4) is 0 Å². The van der Waals surface area contributed by atoms with Gasteiger partial charge in [0, 0.05) is 14.1 Å². The Labute approximate surface area is 97.3 Å². The van der Waals surface area contributed by atoms with Crippen LogP contribution in [0, 0.1) is 0 Å². The van der Waals surface area contributed by atoms with Gasteiger partial charge in [-0.1, -0.05) is 27.7 Å². The Balaban J connectivity index is 0. The summed E-state index contributed by atoms with van der Waals surface area (Å²) in [5.74, 6) is 0. The molecule has 0 aliphatic rings. The van der Waals surface area contributed by atoms with Crippen LogP contribution in [0.5, 0.6) is 0 Å². The van der Waals surface area contributed by atoms with Crippen LogP contribution in [0.2, 0.25) is 0 Å². The Morgan fingerprint density at radius 3 is 0.812 bits per heavy atom. The van der Waals surface area contributed by atoms with Crippen molar-refractivity contribution in [1.29, 1.82) is 0 Å². The maximum absolute atomic E-state index is 3.72. The third-order valence-corrected chi connectivity index (χ3v) is 1.07. The second-order valence-electron chi connectivity index (χ2n) is 2.04. The molecule has 2 aromatic heterocycles. The maximum Gasteiger partial charge on any atom is 0.0692 e. The van der Waals surface area contributed by atoms with Crippen molar-refractivity contribution in [2.75, 3.05) is 0 Å². The smallest absolute Gasteiger partial charge is 0.0692 e. The molecule has 0 saturated carbocycles. The molecule has 6 heteroatoms. The molecule has 0 amide bonds. The van der Waals surface area contributed by atoms with Crippen LogP contribution < -0.4 is 0 Å². The molecule has 0 spiro atoms. The number of aryl methyl sites for hydroxylation is 2. The lowest BCUT2D eigenvalue weighted by Gasteiger charge is -1.75. The van der Waals surface area contributed by atoms with E-state index in [0.29, 0.717) is 0 Å². The Kier molecular flexibility index (Phi) is 13.9. The van der Waals surface area contributed by atoms with Gasteiger partial charge in [0.05, 0.1) is 24.8 Å². The van der Waals surface area contributed by atoms with Gasteiger partial charge in [0.2, 0.25) is 0 Å². The van der Waals surface area contributed by atoms with E-state index in [1.807, 2.05) is 27.7 Å². The molecule has 0 atom stereocenters. The van der Waals surface area contributed by atoms with E-state index in [2.05, 4.69) is 20.4 Å². The minimum absolute atomic E-state index is 1.50. The molecule has 92 valence electrons. The Morgan fingerprint density at radius 1 is 0.562 bits per heavy atom. The summed E-state index contributed by atoms with van der Waals surface area (Å²) < 4.78 is 0. The molecule has 0 bridgehead atoms. The predicted octanol–water partition coefficient (Wildman–Crippen LogP) is 1.68. The summed E-state index contributed by atoms with van der Waals surface area (Å²) in [7, 11) is 3.56. The first-order valence-electron chi connectivity index (χ1n) is 5.39. The molecule has 0 N–H and O–H groups in total. The Morgan fingerprint density at radius 2 is 0.750 bits per heavy atom. The molecule has 0 aliphatic heterocycles. The Hall–Kier alpha value is -1.72. The van der Waals surface area contributed by atoms with Gasteiger partial charge in [-0.15, -0.1) is 0 Å². The Bertz CT molecular complexity index is 255. The zero-order valence-electron chi connectivity index (χ0n) is 11.0. The van der Waals surface area contributed by atoms with E-state index in [1.165, 1.54) is 9.59 Å². The highest BCUT2D eigenvalue weighted by Crippen LogP contribution is 1.65. The number of rotatable bonds is 0. The van der Waals surface area contributed by atoms with Crippen LogP contribution in [0.25, 0.3) is 0 Å². The van der Waals surface area contributed by atoms with Gasteiger partial charge in [-0.05, 0) is 0 Å². The molecule has 0 unspecified atom stereocenters. The average molecular weight is 226 g/mol. The summed E-state index contributed by atoms with van der Waals surface area (Å²) in [6.07, 6.45) is 6.56. The van der Waals surface area contributed by atoms with E-state index in [0.717, 1.165) is 0 Å². The maximum atomic E-state index is 3.72. The van der Waals surface area contributed by atoms with Gasteiger partial charge < -0.3 is 0 Å². The fourth-order valence-electron chi connectivity index (χ4n) is 0.565. The molecule has 6 nitrogen and oxygen atoms in total. The van der Waals surface area contributed by atoms with Crippen molar-refractivity contribution in [3.63, 3.8) is 0 Å². The zero-order valence-corrected chi connectivity index (χ0v) is 11.0. The SMILES string of the molecule is CC.CC.Cn1nccn1.Cn1nccn1. The van der Waals surface area contributed by atoms with E-state index >= 15 is 0 Å². The first kappa shape index (κ1) is 16.7. The van der Waals surface area contributed by atoms with Crippen LogP contribution in [0.1, 0.15) is 27.7 Å². The summed E-state index contributed by atoms with van der Waals surface area (Å²) in [6.45, 7) is 8.00. The third kappa shape index (κ3) is 10.4. The van der Waals surface area contributed by atoms with Crippen LogP contribution in [0.4, 0.5) is 0 Å². The van der Waals surface area contributed by atoms with E-state index in [-0.39, 0.29) is 0 Å². The lowest BCUT2D eigenvalue weighted by Crippen LogP contribution is -1.89. The monoisotopic (exact) mass is 226 g/mol. The van der Waals surface area contributed by atoms with E-state index in [9.17, 15) is 0 Å². The zero-order chi connectivity index (χ0) is 12.8. The van der Waals surface area contributed by atoms with Crippen molar-refractivity contribution < 1.29 is 0 Å². The van der Waals surface area contributed by atoms with Gasteiger partial charge in [0.25, 0.3) is 0 Å². The van der Waals surface area contributed by atoms with Crippen molar-refractivity contribution in [3.05, 3.63) is 24.8 Å². The van der Waals surface area contributed by atoms with E-state index < -0.39 is 0 Å². The van der Waals surface area contributed by atoms with Gasteiger partial charge in [-0.3, -0.25) is 0 Å². The summed E-state index contributed by atoms with van der Waals surface area (Å²) >= 11 is 0. The summed E-state index contributed by atoms with van der Waals surface area (Å²) in [5, 5.41) is 14.9. The van der Waals surface area contributed by atoms with Crippen LogP contribution in [-0.2, 0) is 14.1 Å². The van der Waals surface area contributed by atoms with Crippen molar-refractivity contribution in [2.45, 2.75) is 27.7 Å². The minimum atomic E-state index is 1.50. The van der Waals surface area contributed by atoms with Crippen LogP contribution in [0.15, 0.2) is 24.8 Å². The molecule has 0 fully saturated rings. The van der Waals surface area contributed by atoms with Crippen LogP contribution >= 0.6 is 0 Å². The third-order valence-electron chi connectivity index (χ3n) is 1.07. The molecule has 0 aromatic carbocycles. The van der Waals surface area contributed by atoms with Crippen molar-refractivity contribution >= 4 is 0 Å². The molecule has 0 saturated heterocycles. The number of hydrogen-bond donors (Lipinski definition) is 0. The number of nitrogens with zero attached hydrogens (tertiary/aromatic N) is 6. The highest BCUT2D eigenvalue weighted by molar-refractivity contribution is 4.57. The highest BCUT2D eigenvalue weighted by atomic mass is 15.4. The summed E-state index contributed by atoms with van der Waals surface area (Å²) in [4.78, 5) is 3.00. The fraction of sp³-hybridized carbons (Fsp3) is 0.600. The van der Waals surface area contributed by atoms with Gasteiger partial charge >= 0.3 is 0 Å². The van der Waals surface area contributed by atoms with Crippen molar-refractivity contribution in [2.24, 2.45) is 14.1 Å². The van der Waals surface area contributed by atoms with Gasteiger partial charge in [0.15, 0.2) is 0 Å². The van der Waals surface area contributed by atoms with E-state index in [1.54, 1.807) is 38.9 Å². The lowest BCUT2D eigenvalue weighted by molar-refractivity contribution is 0.654. The second kappa shape index (κ2) is 13.3. The van der Waals surface area contributed by atoms with Crippen LogP contribution in [-0.4, -0.2) is 30.0 Å². The standard InChI is InChI=1S/2C3H5N3.2C2H6/c2*1-6-4-2-3-5-6;2*1-2/h2*2-3H,1H3;2*1-2H3. The molecular formula is C10H22N6. The predicted molar refractivity (Wildman–Crippen MR) is 64.7 cm³/mol. The molecule has 0 radical (unpaired) electrons. The highest BCUT2D eigenvalue weighted by Gasteiger charge is 1.71. The fourth-order valence-corrected chi connectivity index (χ4v) is 0.565.